The lowest BCUT2D eigenvalue weighted by molar-refractivity contribution is -0.0775. The molecule has 282 valence electrons. The molecule has 0 amide bonds. The molecule has 0 fully saturated rings. The smallest absolute Gasteiger partial charge is 0.192 e. The van der Waals surface area contributed by atoms with E-state index in [2.05, 4.69) is 121 Å². The first-order valence-corrected chi connectivity index (χ1v) is 27.0. The molecule has 4 atom stereocenters. The van der Waals surface area contributed by atoms with Gasteiger partial charge in [-0.25, -0.2) is 0 Å². The average molecular weight is 727 g/mol. The van der Waals surface area contributed by atoms with Crippen molar-refractivity contribution >= 4 is 25.0 Å². The summed E-state index contributed by atoms with van der Waals surface area (Å²) in [5.41, 5.74) is 0.854. The van der Waals surface area contributed by atoms with Crippen LogP contribution in [0.1, 0.15) is 101 Å². The highest BCUT2D eigenvalue weighted by molar-refractivity contribution is 6.74. The summed E-state index contributed by atoms with van der Waals surface area (Å²) in [4.78, 5) is 0. The van der Waals surface area contributed by atoms with Crippen LogP contribution in [-0.4, -0.2) is 70.7 Å². The third-order valence-electron chi connectivity index (χ3n) is 12.1. The van der Waals surface area contributed by atoms with Gasteiger partial charge in [-0.3, -0.25) is 0 Å². The number of methoxy groups -OCH3 is 2. The van der Waals surface area contributed by atoms with Crippen LogP contribution in [0.3, 0.4) is 0 Å². The predicted octanol–water partition coefficient (Wildman–Crippen LogP) is 11.5. The lowest BCUT2D eigenvalue weighted by Crippen LogP contribution is -2.55. The Morgan fingerprint density at radius 2 is 1.23 bits per heavy atom. The molecule has 0 aromatic heterocycles. The lowest BCUT2D eigenvalue weighted by atomic mass is 9.76. The summed E-state index contributed by atoms with van der Waals surface area (Å²) < 4.78 is 39.6. The maximum absolute atomic E-state index is 7.52. The Morgan fingerprint density at radius 1 is 0.708 bits per heavy atom. The lowest BCUT2D eigenvalue weighted by Gasteiger charge is -2.50. The molecule has 1 rings (SSSR count). The van der Waals surface area contributed by atoms with Crippen molar-refractivity contribution in [1.29, 1.82) is 0 Å². The molecule has 0 aliphatic heterocycles. The Morgan fingerprint density at radius 3 is 1.67 bits per heavy atom. The Labute approximate surface area is 301 Å². The van der Waals surface area contributed by atoms with Gasteiger partial charge in [-0.05, 0) is 84.9 Å². The maximum atomic E-state index is 7.52. The van der Waals surface area contributed by atoms with Gasteiger partial charge in [-0.15, -0.1) is 0 Å². The van der Waals surface area contributed by atoms with Crippen LogP contribution in [0.2, 0.25) is 54.4 Å². The summed E-state index contributed by atoms with van der Waals surface area (Å²) in [6.45, 7) is 39.2. The summed E-state index contributed by atoms with van der Waals surface area (Å²) in [6.07, 6.45) is 1.56. The van der Waals surface area contributed by atoms with Gasteiger partial charge in [0.2, 0.25) is 0 Å². The fourth-order valence-corrected chi connectivity index (χ4v) is 11.3. The molecule has 0 bridgehead atoms. The first kappa shape index (κ1) is 45.5. The Hall–Kier alpha value is -0.529. The van der Waals surface area contributed by atoms with E-state index in [0.29, 0.717) is 19.8 Å². The average Bonchev–Trinajstić information content (AvgIpc) is 3.00. The molecule has 0 N–H and O–H groups in total. The minimum absolute atomic E-state index is 0.0103. The van der Waals surface area contributed by atoms with Gasteiger partial charge in [0.05, 0.1) is 32.0 Å². The maximum Gasteiger partial charge on any atom is 0.192 e. The summed E-state index contributed by atoms with van der Waals surface area (Å²) in [5.74, 6) is 1.09. The number of hydrogen-bond donors (Lipinski definition) is 0. The molecule has 6 nitrogen and oxygen atoms in total. The molecule has 0 saturated heterocycles. The Balaban J connectivity index is 3.46. The standard InChI is InChI=1S/C39H78O6Si3/c1-19-48(20-2,21-3)45-36(28-34(41-14)31(4)29-43-46(15,16)37(5,6)7)39(11,12)35(44-47(17,18)38(8,9)10)26-27-42-30-32-22-24-33(40-13)25-23-32/h22-25,31,34-36H,19-21,26-30H2,1-18H3/t31-,34-,35-,36-/m0/s1. The number of rotatable bonds is 22. The molecule has 0 saturated carbocycles. The van der Waals surface area contributed by atoms with Gasteiger partial charge < -0.3 is 27.5 Å². The third-order valence-corrected chi connectivity index (χ3v) is 25.7. The molecule has 0 spiro atoms. The van der Waals surface area contributed by atoms with Crippen LogP contribution in [0.15, 0.2) is 24.3 Å². The second-order valence-corrected chi connectivity index (χ2v) is 32.1. The van der Waals surface area contributed by atoms with Gasteiger partial charge in [0.25, 0.3) is 0 Å². The number of ether oxygens (including phenoxy) is 3. The fourth-order valence-electron chi connectivity index (χ4n) is 5.67. The van der Waals surface area contributed by atoms with Crippen molar-refractivity contribution in [3.63, 3.8) is 0 Å². The normalized spacial score (nSPS) is 16.5. The van der Waals surface area contributed by atoms with Crippen molar-refractivity contribution < 1.29 is 27.5 Å². The molecule has 0 unspecified atom stereocenters. The number of benzene rings is 1. The molecule has 0 aliphatic rings. The molecule has 0 aliphatic carbocycles. The van der Waals surface area contributed by atoms with Crippen LogP contribution >= 0.6 is 0 Å². The summed E-state index contributed by atoms with van der Waals surface area (Å²) in [5, 5.41) is 0.252. The molecule has 1 aromatic rings. The predicted molar refractivity (Wildman–Crippen MR) is 213 cm³/mol. The van der Waals surface area contributed by atoms with Crippen LogP contribution < -0.4 is 4.74 Å². The quantitative estimate of drug-likeness (QED) is 0.0876. The van der Waals surface area contributed by atoms with E-state index in [4.69, 9.17) is 27.5 Å². The SMILES string of the molecule is CC[Si](CC)(CC)O[C@@H](C[C@H](OC)[C@@H](C)CO[Si](C)(C)C(C)(C)C)C(C)(C)[C@H](CCOCc1ccc(OC)cc1)O[Si](C)(C)C(C)(C)C. The molecule has 0 radical (unpaired) electrons. The fraction of sp³-hybridized carbons (Fsp3) is 0.846. The van der Waals surface area contributed by atoms with Crippen molar-refractivity contribution in [2.24, 2.45) is 11.3 Å². The van der Waals surface area contributed by atoms with E-state index in [-0.39, 0.29) is 39.7 Å². The van der Waals surface area contributed by atoms with Crippen LogP contribution in [-0.2, 0) is 29.4 Å². The largest absolute Gasteiger partial charge is 0.497 e. The molecular formula is C39H78O6Si3. The molecule has 9 heteroatoms. The van der Waals surface area contributed by atoms with Gasteiger partial charge in [-0.2, -0.15) is 0 Å². The van der Waals surface area contributed by atoms with Crippen LogP contribution in [0.25, 0.3) is 0 Å². The second-order valence-electron chi connectivity index (χ2n) is 17.8. The van der Waals surface area contributed by atoms with Gasteiger partial charge >= 0.3 is 0 Å². The van der Waals surface area contributed by atoms with Crippen LogP contribution in [0, 0.1) is 11.3 Å². The van der Waals surface area contributed by atoms with Crippen molar-refractivity contribution in [3.8, 4) is 5.75 Å². The van der Waals surface area contributed by atoms with Gasteiger partial charge in [0.1, 0.15) is 5.75 Å². The molecular weight excluding hydrogens is 649 g/mol. The summed E-state index contributed by atoms with van der Waals surface area (Å²) >= 11 is 0. The van der Waals surface area contributed by atoms with E-state index in [0.717, 1.165) is 42.3 Å². The first-order valence-electron chi connectivity index (χ1n) is 18.7. The summed E-state index contributed by atoms with van der Waals surface area (Å²) in [6, 6.07) is 11.4. The monoisotopic (exact) mass is 727 g/mol. The van der Waals surface area contributed by atoms with Gasteiger partial charge in [0.15, 0.2) is 25.0 Å². The zero-order chi connectivity index (χ0) is 37.2. The zero-order valence-corrected chi connectivity index (χ0v) is 37.7. The van der Waals surface area contributed by atoms with E-state index < -0.39 is 25.0 Å². The zero-order valence-electron chi connectivity index (χ0n) is 34.7. The highest BCUT2D eigenvalue weighted by atomic mass is 28.4. The highest BCUT2D eigenvalue weighted by Gasteiger charge is 2.48. The van der Waals surface area contributed by atoms with Crippen molar-refractivity contribution in [3.05, 3.63) is 29.8 Å². The van der Waals surface area contributed by atoms with Crippen molar-refractivity contribution in [2.75, 3.05) is 27.4 Å². The van der Waals surface area contributed by atoms with Gasteiger partial charge in [0, 0.05) is 31.7 Å². The number of hydrogen-bond acceptors (Lipinski definition) is 6. The van der Waals surface area contributed by atoms with Crippen LogP contribution in [0.4, 0.5) is 0 Å². The van der Waals surface area contributed by atoms with E-state index >= 15 is 0 Å². The summed E-state index contributed by atoms with van der Waals surface area (Å²) in [7, 11) is -2.43. The molecule has 48 heavy (non-hydrogen) atoms. The van der Waals surface area contributed by atoms with Crippen LogP contribution in [0.5, 0.6) is 5.75 Å². The van der Waals surface area contributed by atoms with E-state index in [1.54, 1.807) is 7.11 Å². The minimum Gasteiger partial charge on any atom is -0.497 e. The van der Waals surface area contributed by atoms with Gasteiger partial charge in [-0.1, -0.05) is 95.2 Å². The Bertz CT molecular complexity index is 1030. The van der Waals surface area contributed by atoms with E-state index in [9.17, 15) is 0 Å². The van der Waals surface area contributed by atoms with E-state index in [1.165, 1.54) is 0 Å². The van der Waals surface area contributed by atoms with Crippen molar-refractivity contribution in [2.45, 2.75) is 175 Å². The molecule has 0 heterocycles. The highest BCUT2D eigenvalue weighted by Crippen LogP contribution is 2.45. The minimum atomic E-state index is -2.12. The topological polar surface area (TPSA) is 55.4 Å². The molecule has 1 aromatic carbocycles. The third kappa shape index (κ3) is 12.9. The first-order chi connectivity index (χ1) is 22.0. The van der Waals surface area contributed by atoms with Crippen molar-refractivity contribution in [1.82, 2.24) is 0 Å². The Kier molecular flexibility index (Phi) is 17.8. The van der Waals surface area contributed by atoms with E-state index in [1.807, 2.05) is 19.2 Å². The second kappa shape index (κ2) is 18.8.